The molecule has 0 bridgehead atoms. The van der Waals surface area contributed by atoms with Crippen LogP contribution in [0.15, 0.2) is 36.7 Å². The largest absolute Gasteiger partial charge is 0.375 e. The van der Waals surface area contributed by atoms with Crippen LogP contribution in [-0.2, 0) is 9.59 Å². The first kappa shape index (κ1) is 31.0. The molecule has 1 aliphatic rings. The average molecular weight is 536 g/mol. The molecule has 1 aromatic heterocycles. The first-order chi connectivity index (χ1) is 18.1. The van der Waals surface area contributed by atoms with E-state index in [1.807, 2.05) is 27.7 Å². The summed E-state index contributed by atoms with van der Waals surface area (Å²) in [6.45, 7) is 15.8. The number of benzene rings is 1. The van der Waals surface area contributed by atoms with Crippen molar-refractivity contribution < 1.29 is 21.2 Å². The molecule has 1 aliphatic heterocycles. The Morgan fingerprint density at radius 3 is 2.45 bits per heavy atom. The third-order valence-corrected chi connectivity index (χ3v) is 6.43. The van der Waals surface area contributed by atoms with Gasteiger partial charge in [0, 0.05) is 46.1 Å². The summed E-state index contributed by atoms with van der Waals surface area (Å²) in [7, 11) is 0. The summed E-state index contributed by atoms with van der Waals surface area (Å²) in [6.07, 6.45) is 6.20. The number of nitrogens with zero attached hydrogens (tertiary/aromatic N) is 2. The number of rotatable bonds is 11. The van der Waals surface area contributed by atoms with Gasteiger partial charge in [-0.25, -0.2) is 13.8 Å². The van der Waals surface area contributed by atoms with Crippen LogP contribution in [0.4, 0.5) is 8.78 Å². The van der Waals surface area contributed by atoms with Gasteiger partial charge in [-0.1, -0.05) is 34.3 Å². The lowest BCUT2D eigenvalue weighted by Crippen LogP contribution is -2.48. The van der Waals surface area contributed by atoms with Crippen molar-refractivity contribution in [2.45, 2.75) is 85.2 Å². The van der Waals surface area contributed by atoms with Crippen molar-refractivity contribution in [3.05, 3.63) is 54.1 Å². The fourth-order valence-corrected chi connectivity index (χ4v) is 4.25. The minimum atomic E-state index is -0.773. The van der Waals surface area contributed by atoms with E-state index in [1.54, 1.807) is 6.92 Å². The molecule has 3 N–H and O–H groups in total. The molecule has 0 aliphatic carbocycles. The summed E-state index contributed by atoms with van der Waals surface area (Å²) in [5.74, 6) is -1.08. The number of piperidine rings is 1. The van der Waals surface area contributed by atoms with E-state index in [0.29, 0.717) is 30.3 Å². The number of halogens is 2. The number of hydrogen-bond acceptors (Lipinski definition) is 4. The monoisotopic (exact) mass is 535 g/mol. The van der Waals surface area contributed by atoms with Gasteiger partial charge in [0.25, 0.3) is 0 Å². The first-order valence-electron chi connectivity index (χ1n) is 13.7. The van der Waals surface area contributed by atoms with Crippen LogP contribution in [0.25, 0.3) is 11.3 Å². The maximum Gasteiger partial charge on any atom is 0.243 e. The Balaban J connectivity index is 0.00000372. The Morgan fingerprint density at radius 2 is 1.82 bits per heavy atom. The Bertz CT molecular complexity index is 1070. The minimum Gasteiger partial charge on any atom is -0.375 e. The lowest BCUT2D eigenvalue weighted by atomic mass is 10.0. The summed E-state index contributed by atoms with van der Waals surface area (Å²) in [5, 5.41) is 5.79. The van der Waals surface area contributed by atoms with Crippen molar-refractivity contribution in [3.63, 3.8) is 0 Å². The smallest absolute Gasteiger partial charge is 0.243 e. The number of amides is 2. The molecule has 3 rings (SSSR count). The van der Waals surface area contributed by atoms with Crippen molar-refractivity contribution in [1.29, 1.82) is 0 Å². The van der Waals surface area contributed by atoms with Crippen LogP contribution < -0.4 is 10.6 Å². The van der Waals surface area contributed by atoms with Crippen molar-refractivity contribution in [2.24, 2.45) is 5.92 Å². The van der Waals surface area contributed by atoms with E-state index in [-0.39, 0.29) is 20.2 Å². The van der Waals surface area contributed by atoms with Crippen molar-refractivity contribution >= 4 is 11.8 Å². The van der Waals surface area contributed by atoms with Gasteiger partial charge < -0.3 is 20.5 Å². The molecule has 1 fully saturated rings. The zero-order valence-electron chi connectivity index (χ0n) is 23.4. The van der Waals surface area contributed by atoms with Gasteiger partial charge in [0.2, 0.25) is 11.8 Å². The SMILES string of the molecule is C=C(C[C@H](NC(=O)CCC(C)C)C(=O)N[C@@H](C)c1ncc(-c2ccc(F)cc2F)[nH]1)N1CCCCC1.CC.[HH].[HH]. The normalized spacial score (nSPS) is 14.8. The summed E-state index contributed by atoms with van der Waals surface area (Å²) < 4.78 is 27.4. The van der Waals surface area contributed by atoms with E-state index in [9.17, 15) is 18.4 Å². The first-order valence-corrected chi connectivity index (χ1v) is 13.7. The number of hydrogen-bond donors (Lipinski definition) is 3. The molecule has 2 amide bonds. The maximum absolute atomic E-state index is 14.2. The van der Waals surface area contributed by atoms with E-state index >= 15 is 0 Å². The van der Waals surface area contributed by atoms with E-state index in [0.717, 1.165) is 44.1 Å². The van der Waals surface area contributed by atoms with Crippen molar-refractivity contribution in [2.75, 3.05) is 13.1 Å². The number of aromatic amines is 1. The van der Waals surface area contributed by atoms with Gasteiger partial charge in [-0.05, 0) is 50.7 Å². The van der Waals surface area contributed by atoms with Gasteiger partial charge in [0.05, 0.1) is 17.9 Å². The molecule has 2 heterocycles. The number of aromatic nitrogens is 2. The predicted molar refractivity (Wildman–Crippen MR) is 151 cm³/mol. The van der Waals surface area contributed by atoms with Crippen LogP contribution in [0.3, 0.4) is 0 Å². The molecular formula is C29H47F2N5O2. The van der Waals surface area contributed by atoms with E-state index in [4.69, 9.17) is 0 Å². The Morgan fingerprint density at radius 1 is 1.13 bits per heavy atom. The molecular weight excluding hydrogens is 488 g/mol. The molecule has 0 unspecified atom stereocenters. The van der Waals surface area contributed by atoms with Gasteiger partial charge in [-0.15, -0.1) is 0 Å². The van der Waals surface area contributed by atoms with E-state index < -0.39 is 23.7 Å². The fraction of sp³-hybridized carbons (Fsp3) is 0.552. The van der Waals surface area contributed by atoms with Gasteiger partial charge in [-0.3, -0.25) is 9.59 Å². The average Bonchev–Trinajstić information content (AvgIpc) is 3.39. The van der Waals surface area contributed by atoms with Crippen LogP contribution in [0.2, 0.25) is 0 Å². The van der Waals surface area contributed by atoms with Crippen LogP contribution in [0.1, 0.15) is 87.9 Å². The lowest BCUT2D eigenvalue weighted by Gasteiger charge is -2.32. The number of imidazole rings is 1. The Kier molecular flexibility index (Phi) is 12.4. The zero-order chi connectivity index (χ0) is 28.2. The molecule has 0 spiro atoms. The summed E-state index contributed by atoms with van der Waals surface area (Å²) in [6, 6.07) is 2.01. The number of carbonyl (C=O) groups is 2. The quantitative estimate of drug-likeness (QED) is 0.312. The Labute approximate surface area is 228 Å². The molecule has 2 atom stereocenters. The number of H-pyrrole nitrogens is 1. The molecule has 214 valence electrons. The van der Waals surface area contributed by atoms with Crippen molar-refractivity contribution in [1.82, 2.24) is 25.5 Å². The highest BCUT2D eigenvalue weighted by atomic mass is 19.1. The fourth-order valence-electron chi connectivity index (χ4n) is 4.25. The van der Waals surface area contributed by atoms with Gasteiger partial charge >= 0.3 is 0 Å². The topological polar surface area (TPSA) is 90.1 Å². The molecule has 1 aromatic carbocycles. The second-order valence-corrected chi connectivity index (χ2v) is 9.91. The lowest BCUT2D eigenvalue weighted by molar-refractivity contribution is -0.129. The van der Waals surface area contributed by atoms with Crippen LogP contribution >= 0.6 is 0 Å². The maximum atomic E-state index is 14.2. The molecule has 9 heteroatoms. The van der Waals surface area contributed by atoms with E-state index in [1.165, 1.54) is 24.8 Å². The second kappa shape index (κ2) is 15.2. The summed E-state index contributed by atoms with van der Waals surface area (Å²) in [4.78, 5) is 35.3. The molecule has 2 aromatic rings. The number of likely N-dealkylation sites (tertiary alicyclic amines) is 1. The highest BCUT2D eigenvalue weighted by Gasteiger charge is 2.26. The van der Waals surface area contributed by atoms with Crippen LogP contribution in [0, 0.1) is 17.6 Å². The van der Waals surface area contributed by atoms with Gasteiger partial charge in [0.15, 0.2) is 0 Å². The van der Waals surface area contributed by atoms with Crippen molar-refractivity contribution in [3.8, 4) is 11.3 Å². The molecule has 0 saturated carbocycles. The van der Waals surface area contributed by atoms with E-state index in [2.05, 4.69) is 32.1 Å². The minimum absolute atomic E-state index is 0. The third kappa shape index (κ3) is 9.26. The molecule has 7 nitrogen and oxygen atoms in total. The highest BCUT2D eigenvalue weighted by molar-refractivity contribution is 5.88. The third-order valence-electron chi connectivity index (χ3n) is 6.43. The Hall–Kier alpha value is -3.23. The molecule has 0 radical (unpaired) electrons. The van der Waals surface area contributed by atoms with Crippen LogP contribution in [-0.4, -0.2) is 45.8 Å². The standard InChI is InChI=1S/C27H37F2N5O2.C2H6.2H2/c1-17(2)8-11-25(35)32-23(14-18(3)34-12-6-5-7-13-34)27(36)31-19(4)26-30-16-24(33-26)21-10-9-20(28)15-22(21)29;1-2;;/h9-10,15-17,19,23H,3,5-8,11-14H2,1-2,4H3,(H,30,33)(H,31,36)(H,32,35);1-2H3;2*1H/t19-,23-;;;/m0.../s1. The second-order valence-electron chi connectivity index (χ2n) is 9.91. The number of carbonyl (C=O) groups excluding carboxylic acids is 2. The number of nitrogens with one attached hydrogen (secondary N) is 3. The molecule has 1 saturated heterocycles. The van der Waals surface area contributed by atoms with Gasteiger partial charge in [0.1, 0.15) is 23.5 Å². The highest BCUT2D eigenvalue weighted by Crippen LogP contribution is 2.23. The summed E-state index contributed by atoms with van der Waals surface area (Å²) in [5.41, 5.74) is 1.39. The van der Waals surface area contributed by atoms with Crippen LogP contribution in [0.5, 0.6) is 0 Å². The summed E-state index contributed by atoms with van der Waals surface area (Å²) >= 11 is 0. The van der Waals surface area contributed by atoms with Gasteiger partial charge in [-0.2, -0.15) is 0 Å². The molecule has 38 heavy (non-hydrogen) atoms. The zero-order valence-corrected chi connectivity index (χ0v) is 23.4. The predicted octanol–water partition coefficient (Wildman–Crippen LogP) is 6.36.